The minimum Gasteiger partial charge on any atom is -0.469 e. The Morgan fingerprint density at radius 2 is 2.24 bits per heavy atom. The number of nitrogens with zero attached hydrogens (tertiary/aromatic N) is 1. The Balaban J connectivity index is 2.60. The first-order valence-electron chi connectivity index (χ1n) is 5.10. The molecular weight excluding hydrogens is 224 g/mol. The number of rotatable bonds is 5. The van der Waals surface area contributed by atoms with Crippen LogP contribution >= 0.6 is 0 Å². The Bertz CT molecular complexity index is 431. The van der Waals surface area contributed by atoms with Gasteiger partial charge in [0.05, 0.1) is 18.5 Å². The standard InChI is InChI=1S/C11H14N2O4/c1-8-7-9(13(15)16)3-4-10(8)12-6-5-11(14)17-2/h3-4,7,12H,5-6H2,1-2H3. The molecule has 0 fully saturated rings. The summed E-state index contributed by atoms with van der Waals surface area (Å²) in [6.07, 6.45) is 0.257. The lowest BCUT2D eigenvalue weighted by Crippen LogP contribution is -2.10. The van der Waals surface area contributed by atoms with Crippen LogP contribution in [0.25, 0.3) is 0 Å². The number of methoxy groups -OCH3 is 1. The molecule has 17 heavy (non-hydrogen) atoms. The molecule has 0 spiro atoms. The van der Waals surface area contributed by atoms with Gasteiger partial charge in [0.15, 0.2) is 0 Å². The quantitative estimate of drug-likeness (QED) is 0.481. The molecule has 0 aliphatic heterocycles. The zero-order valence-corrected chi connectivity index (χ0v) is 9.73. The molecular formula is C11H14N2O4. The highest BCUT2D eigenvalue weighted by molar-refractivity contribution is 5.70. The van der Waals surface area contributed by atoms with E-state index >= 15 is 0 Å². The Morgan fingerprint density at radius 3 is 2.76 bits per heavy atom. The minimum atomic E-state index is -0.439. The van der Waals surface area contributed by atoms with Crippen molar-refractivity contribution >= 4 is 17.3 Å². The Hall–Kier alpha value is -2.11. The second-order valence-corrected chi connectivity index (χ2v) is 3.51. The van der Waals surface area contributed by atoms with Crippen LogP contribution in [0, 0.1) is 17.0 Å². The second-order valence-electron chi connectivity index (χ2n) is 3.51. The predicted octanol–water partition coefficient (Wildman–Crippen LogP) is 1.88. The third-order valence-electron chi connectivity index (χ3n) is 2.29. The molecule has 0 aromatic heterocycles. The number of nitrogens with one attached hydrogen (secondary N) is 1. The number of nitro benzene ring substituents is 1. The van der Waals surface area contributed by atoms with Crippen molar-refractivity contribution in [3.63, 3.8) is 0 Å². The molecule has 6 nitrogen and oxygen atoms in total. The summed E-state index contributed by atoms with van der Waals surface area (Å²) in [7, 11) is 1.33. The smallest absolute Gasteiger partial charge is 0.307 e. The Kier molecular flexibility index (Phi) is 4.45. The maximum Gasteiger partial charge on any atom is 0.307 e. The first-order valence-corrected chi connectivity index (χ1v) is 5.10. The lowest BCUT2D eigenvalue weighted by atomic mass is 10.2. The highest BCUT2D eigenvalue weighted by Crippen LogP contribution is 2.20. The molecule has 1 aromatic carbocycles. The monoisotopic (exact) mass is 238 g/mol. The molecule has 6 heteroatoms. The Labute approximate surface area is 98.7 Å². The number of hydrogen-bond acceptors (Lipinski definition) is 5. The first kappa shape index (κ1) is 13.0. The highest BCUT2D eigenvalue weighted by Gasteiger charge is 2.08. The van der Waals surface area contributed by atoms with Crippen LogP contribution in [0.2, 0.25) is 0 Å². The molecule has 92 valence electrons. The molecule has 1 N–H and O–H groups in total. The highest BCUT2D eigenvalue weighted by atomic mass is 16.6. The van der Waals surface area contributed by atoms with Crippen LogP contribution < -0.4 is 5.32 Å². The second kappa shape index (κ2) is 5.83. The molecule has 0 unspecified atom stereocenters. The predicted molar refractivity (Wildman–Crippen MR) is 63.0 cm³/mol. The SMILES string of the molecule is COC(=O)CCNc1ccc([N+](=O)[O-])cc1C. The maximum atomic E-state index is 10.9. The van der Waals surface area contributed by atoms with Crippen molar-refractivity contribution in [1.82, 2.24) is 0 Å². The normalized spacial score (nSPS) is 9.76. The molecule has 0 saturated heterocycles. The molecule has 0 radical (unpaired) electrons. The van der Waals surface area contributed by atoms with Crippen molar-refractivity contribution in [2.24, 2.45) is 0 Å². The number of non-ortho nitro benzene ring substituents is 1. The molecule has 0 bridgehead atoms. The van der Waals surface area contributed by atoms with Gasteiger partial charge in [-0.3, -0.25) is 14.9 Å². The zero-order valence-electron chi connectivity index (χ0n) is 9.73. The van der Waals surface area contributed by atoms with Crippen LogP contribution in [-0.4, -0.2) is 24.5 Å². The number of nitro groups is 1. The third-order valence-corrected chi connectivity index (χ3v) is 2.29. The van der Waals surface area contributed by atoms with Crippen molar-refractivity contribution in [3.05, 3.63) is 33.9 Å². The minimum absolute atomic E-state index is 0.0565. The number of ether oxygens (including phenoxy) is 1. The number of hydrogen-bond donors (Lipinski definition) is 1. The number of benzene rings is 1. The average Bonchev–Trinajstić information content (AvgIpc) is 2.30. The number of carbonyl (C=O) groups is 1. The largest absolute Gasteiger partial charge is 0.469 e. The van der Waals surface area contributed by atoms with Gasteiger partial charge in [0.1, 0.15) is 0 Å². The van der Waals surface area contributed by atoms with Gasteiger partial charge in [-0.1, -0.05) is 0 Å². The zero-order chi connectivity index (χ0) is 12.8. The van der Waals surface area contributed by atoms with E-state index in [1.165, 1.54) is 19.2 Å². The molecule has 1 aromatic rings. The summed E-state index contributed by atoms with van der Waals surface area (Å²) in [5, 5.41) is 13.6. The average molecular weight is 238 g/mol. The van der Waals surface area contributed by atoms with E-state index < -0.39 is 4.92 Å². The van der Waals surface area contributed by atoms with Crippen LogP contribution in [0.15, 0.2) is 18.2 Å². The van der Waals surface area contributed by atoms with Crippen molar-refractivity contribution in [2.75, 3.05) is 19.0 Å². The first-order chi connectivity index (χ1) is 8.04. The van der Waals surface area contributed by atoms with E-state index in [0.717, 1.165) is 11.3 Å². The van der Waals surface area contributed by atoms with Crippen LogP contribution in [-0.2, 0) is 9.53 Å². The van der Waals surface area contributed by atoms with Crippen molar-refractivity contribution in [3.8, 4) is 0 Å². The summed E-state index contributed by atoms with van der Waals surface area (Å²) >= 11 is 0. The molecule has 0 saturated carbocycles. The van der Waals surface area contributed by atoms with Crippen LogP contribution in [0.4, 0.5) is 11.4 Å². The fourth-order valence-electron chi connectivity index (χ4n) is 1.36. The Morgan fingerprint density at radius 1 is 1.53 bits per heavy atom. The van der Waals surface area contributed by atoms with Gasteiger partial charge >= 0.3 is 5.97 Å². The van der Waals surface area contributed by atoms with Gasteiger partial charge in [-0.15, -0.1) is 0 Å². The fraction of sp³-hybridized carbons (Fsp3) is 0.364. The molecule has 0 heterocycles. The molecule has 0 aliphatic rings. The van der Waals surface area contributed by atoms with Gasteiger partial charge in [-0.05, 0) is 18.6 Å². The van der Waals surface area contributed by atoms with Crippen molar-refractivity contribution < 1.29 is 14.5 Å². The number of anilines is 1. The number of aryl methyl sites for hydroxylation is 1. The lowest BCUT2D eigenvalue weighted by molar-refractivity contribution is -0.384. The van der Waals surface area contributed by atoms with E-state index in [4.69, 9.17) is 0 Å². The van der Waals surface area contributed by atoms with Gasteiger partial charge in [0, 0.05) is 24.4 Å². The van der Waals surface area contributed by atoms with Gasteiger partial charge in [-0.2, -0.15) is 0 Å². The molecule has 0 aliphatic carbocycles. The summed E-state index contributed by atoms with van der Waals surface area (Å²) in [5.41, 5.74) is 1.60. The lowest BCUT2D eigenvalue weighted by Gasteiger charge is -2.08. The van der Waals surface area contributed by atoms with E-state index in [9.17, 15) is 14.9 Å². The fourth-order valence-corrected chi connectivity index (χ4v) is 1.36. The molecule has 1 rings (SSSR count). The summed E-state index contributed by atoms with van der Waals surface area (Å²) in [5.74, 6) is -0.294. The van der Waals surface area contributed by atoms with Gasteiger partial charge in [0.25, 0.3) is 5.69 Å². The van der Waals surface area contributed by atoms with Crippen LogP contribution in [0.5, 0.6) is 0 Å². The van der Waals surface area contributed by atoms with E-state index in [2.05, 4.69) is 10.1 Å². The van der Waals surface area contributed by atoms with Gasteiger partial charge < -0.3 is 10.1 Å². The van der Waals surface area contributed by atoms with Crippen molar-refractivity contribution in [2.45, 2.75) is 13.3 Å². The van der Waals surface area contributed by atoms with Gasteiger partial charge in [0.2, 0.25) is 0 Å². The van der Waals surface area contributed by atoms with Crippen molar-refractivity contribution in [1.29, 1.82) is 0 Å². The van der Waals surface area contributed by atoms with Crippen LogP contribution in [0.3, 0.4) is 0 Å². The van der Waals surface area contributed by atoms with E-state index in [0.29, 0.717) is 6.54 Å². The van der Waals surface area contributed by atoms with E-state index in [1.54, 1.807) is 13.0 Å². The van der Waals surface area contributed by atoms with Gasteiger partial charge in [-0.25, -0.2) is 0 Å². The maximum absolute atomic E-state index is 10.9. The van der Waals surface area contributed by atoms with Crippen LogP contribution in [0.1, 0.15) is 12.0 Å². The molecule has 0 atom stereocenters. The summed E-state index contributed by atoms with van der Waals surface area (Å²) in [4.78, 5) is 21.0. The number of esters is 1. The van der Waals surface area contributed by atoms with E-state index in [1.807, 2.05) is 0 Å². The topological polar surface area (TPSA) is 81.5 Å². The summed E-state index contributed by atoms with van der Waals surface area (Å²) in [6, 6.07) is 4.54. The summed E-state index contributed by atoms with van der Waals surface area (Å²) < 4.78 is 4.50. The summed E-state index contributed by atoms with van der Waals surface area (Å²) in [6.45, 7) is 2.21. The number of carbonyl (C=O) groups excluding carboxylic acids is 1. The molecule has 0 amide bonds. The van der Waals surface area contributed by atoms with E-state index in [-0.39, 0.29) is 18.1 Å². The third kappa shape index (κ3) is 3.75.